The molecule has 2 aromatic carbocycles. The zero-order valence-corrected chi connectivity index (χ0v) is 18.9. The number of amides is 1. The molecule has 160 valence electrons. The number of carbonyl (C=O) groups excluding carboxylic acids is 1. The second kappa shape index (κ2) is 9.71. The summed E-state index contributed by atoms with van der Waals surface area (Å²) in [6.45, 7) is 4.30. The van der Waals surface area contributed by atoms with E-state index in [-0.39, 0.29) is 5.91 Å². The lowest BCUT2D eigenvalue weighted by Gasteiger charge is -2.31. The van der Waals surface area contributed by atoms with Crippen LogP contribution in [0.2, 0.25) is 0 Å². The third kappa shape index (κ3) is 5.08. The molecule has 0 unspecified atom stereocenters. The van der Waals surface area contributed by atoms with Crippen LogP contribution in [0.15, 0.2) is 40.9 Å². The molecular weight excluding hydrogens is 446 g/mol. The van der Waals surface area contributed by atoms with E-state index in [1.807, 2.05) is 24.1 Å². The number of rotatable bonds is 6. The van der Waals surface area contributed by atoms with Crippen molar-refractivity contribution >= 4 is 33.2 Å². The third-order valence-electron chi connectivity index (χ3n) is 5.45. The molecule has 0 bridgehead atoms. The van der Waals surface area contributed by atoms with Crippen molar-refractivity contribution in [2.24, 2.45) is 0 Å². The van der Waals surface area contributed by atoms with Crippen LogP contribution in [-0.4, -0.2) is 50.7 Å². The molecule has 30 heavy (non-hydrogen) atoms. The Morgan fingerprint density at radius 3 is 2.57 bits per heavy atom. The van der Waals surface area contributed by atoms with Crippen LogP contribution in [0.5, 0.6) is 11.5 Å². The van der Waals surface area contributed by atoms with E-state index in [0.717, 1.165) is 24.1 Å². The first-order valence-electron chi connectivity index (χ1n) is 10.5. The van der Waals surface area contributed by atoms with Gasteiger partial charge in [-0.3, -0.25) is 9.69 Å². The predicted molar refractivity (Wildman–Crippen MR) is 123 cm³/mol. The van der Waals surface area contributed by atoms with Crippen LogP contribution in [0.3, 0.4) is 0 Å². The molecule has 2 aromatic rings. The lowest BCUT2D eigenvalue weighted by atomic mass is 10.1. The molecule has 4 rings (SSSR count). The molecule has 1 fully saturated rings. The maximum Gasteiger partial charge on any atom is 0.238 e. The zero-order chi connectivity index (χ0) is 20.9. The normalized spacial score (nSPS) is 15.9. The summed E-state index contributed by atoms with van der Waals surface area (Å²) >= 11 is 3.51. The number of para-hydroxylation sites is 1. The quantitative estimate of drug-likeness (QED) is 0.678. The van der Waals surface area contributed by atoms with Crippen molar-refractivity contribution in [3.05, 3.63) is 46.4 Å². The SMILES string of the molecule is CN(CC(=O)Nc1cc2c(cc1Br)OCCO2)Cc1ccccc1N1CCCCC1. The number of carbonyl (C=O) groups is 1. The number of nitrogens with one attached hydrogen (secondary N) is 1. The van der Waals surface area contributed by atoms with Gasteiger partial charge in [0, 0.05) is 41.9 Å². The molecule has 0 spiro atoms. The summed E-state index contributed by atoms with van der Waals surface area (Å²) in [5.41, 5.74) is 3.24. The van der Waals surface area contributed by atoms with Gasteiger partial charge >= 0.3 is 0 Å². The van der Waals surface area contributed by atoms with Crippen molar-refractivity contribution in [3.8, 4) is 11.5 Å². The van der Waals surface area contributed by atoms with Crippen LogP contribution in [0.4, 0.5) is 11.4 Å². The highest BCUT2D eigenvalue weighted by Crippen LogP contribution is 2.38. The Morgan fingerprint density at radius 1 is 1.10 bits per heavy atom. The van der Waals surface area contributed by atoms with Crippen molar-refractivity contribution in [3.63, 3.8) is 0 Å². The van der Waals surface area contributed by atoms with Gasteiger partial charge in [-0.2, -0.15) is 0 Å². The number of hydrogen-bond acceptors (Lipinski definition) is 5. The fourth-order valence-corrected chi connectivity index (χ4v) is 4.45. The fraction of sp³-hybridized carbons (Fsp3) is 0.435. The van der Waals surface area contributed by atoms with Gasteiger partial charge in [-0.1, -0.05) is 18.2 Å². The molecule has 0 atom stereocenters. The van der Waals surface area contributed by atoms with E-state index in [1.165, 1.54) is 30.5 Å². The van der Waals surface area contributed by atoms with E-state index in [1.54, 1.807) is 0 Å². The first-order chi connectivity index (χ1) is 14.6. The van der Waals surface area contributed by atoms with Gasteiger partial charge in [0.2, 0.25) is 5.91 Å². The molecule has 1 amide bonds. The lowest BCUT2D eigenvalue weighted by molar-refractivity contribution is -0.117. The average molecular weight is 474 g/mol. The van der Waals surface area contributed by atoms with Gasteiger partial charge in [-0.05, 0) is 53.9 Å². The maximum atomic E-state index is 12.7. The van der Waals surface area contributed by atoms with E-state index < -0.39 is 0 Å². The van der Waals surface area contributed by atoms with E-state index in [0.29, 0.717) is 36.9 Å². The third-order valence-corrected chi connectivity index (χ3v) is 6.10. The van der Waals surface area contributed by atoms with Crippen LogP contribution in [0, 0.1) is 0 Å². The van der Waals surface area contributed by atoms with Crippen LogP contribution < -0.4 is 19.7 Å². The van der Waals surface area contributed by atoms with Crippen molar-refractivity contribution in [1.82, 2.24) is 4.90 Å². The van der Waals surface area contributed by atoms with Gasteiger partial charge in [0.25, 0.3) is 0 Å². The number of nitrogens with zero attached hydrogens (tertiary/aromatic N) is 2. The van der Waals surface area contributed by atoms with Gasteiger partial charge in [-0.15, -0.1) is 0 Å². The molecule has 0 saturated carbocycles. The van der Waals surface area contributed by atoms with Crippen LogP contribution in [0.1, 0.15) is 24.8 Å². The molecule has 1 saturated heterocycles. The number of ether oxygens (including phenoxy) is 2. The summed E-state index contributed by atoms with van der Waals surface area (Å²) in [4.78, 5) is 17.2. The standard InChI is InChI=1S/C23H28BrN3O3/c1-26(15-17-7-3-4-8-20(17)27-9-5-2-6-10-27)16-23(28)25-19-14-22-21(13-18(19)24)29-11-12-30-22/h3-4,7-8,13-14H,2,5-6,9-12,15-16H2,1H3,(H,25,28). The van der Waals surface area contributed by atoms with E-state index in [2.05, 4.69) is 50.4 Å². The topological polar surface area (TPSA) is 54.0 Å². The molecule has 1 N–H and O–H groups in total. The van der Waals surface area contributed by atoms with Crippen LogP contribution in [-0.2, 0) is 11.3 Å². The summed E-state index contributed by atoms with van der Waals surface area (Å²) < 4.78 is 12.0. The number of anilines is 2. The van der Waals surface area contributed by atoms with Crippen molar-refractivity contribution in [1.29, 1.82) is 0 Å². The zero-order valence-electron chi connectivity index (χ0n) is 17.3. The summed E-state index contributed by atoms with van der Waals surface area (Å²) in [7, 11) is 1.98. The van der Waals surface area contributed by atoms with Crippen molar-refractivity contribution < 1.29 is 14.3 Å². The Kier molecular flexibility index (Phi) is 6.79. The second-order valence-electron chi connectivity index (χ2n) is 7.87. The number of halogens is 1. The minimum Gasteiger partial charge on any atom is -0.486 e. The van der Waals surface area contributed by atoms with Crippen molar-refractivity contribution in [2.45, 2.75) is 25.8 Å². The molecule has 7 heteroatoms. The highest BCUT2D eigenvalue weighted by molar-refractivity contribution is 9.10. The monoisotopic (exact) mass is 473 g/mol. The fourth-order valence-electron chi connectivity index (χ4n) is 4.03. The van der Waals surface area contributed by atoms with Gasteiger partial charge < -0.3 is 19.7 Å². The number of piperidine rings is 1. The first kappa shape index (κ1) is 21.0. The Labute approximate surface area is 186 Å². The Hall–Kier alpha value is -2.25. The Bertz CT molecular complexity index is 899. The number of likely N-dealkylation sites (N-methyl/N-ethyl adjacent to an activating group) is 1. The predicted octanol–water partition coefficient (Wildman–Crippen LogP) is 4.28. The highest BCUT2D eigenvalue weighted by Gasteiger charge is 2.18. The molecule has 0 aliphatic carbocycles. The Balaban J connectivity index is 1.38. The summed E-state index contributed by atoms with van der Waals surface area (Å²) in [6, 6.07) is 12.2. The lowest BCUT2D eigenvalue weighted by Crippen LogP contribution is -2.33. The van der Waals surface area contributed by atoms with E-state index in [4.69, 9.17) is 9.47 Å². The molecule has 0 aromatic heterocycles. The molecule has 2 aliphatic heterocycles. The molecule has 6 nitrogen and oxygen atoms in total. The van der Waals surface area contributed by atoms with E-state index in [9.17, 15) is 4.79 Å². The highest BCUT2D eigenvalue weighted by atomic mass is 79.9. The largest absolute Gasteiger partial charge is 0.486 e. The summed E-state index contributed by atoms with van der Waals surface area (Å²) in [6.07, 6.45) is 3.81. The van der Waals surface area contributed by atoms with Gasteiger partial charge in [-0.25, -0.2) is 0 Å². The van der Waals surface area contributed by atoms with Crippen molar-refractivity contribution in [2.75, 3.05) is 50.1 Å². The summed E-state index contributed by atoms with van der Waals surface area (Å²) in [5.74, 6) is 1.28. The number of benzene rings is 2. The smallest absolute Gasteiger partial charge is 0.238 e. The average Bonchev–Trinajstić information content (AvgIpc) is 2.75. The van der Waals surface area contributed by atoms with Crippen LogP contribution >= 0.6 is 15.9 Å². The Morgan fingerprint density at radius 2 is 1.80 bits per heavy atom. The summed E-state index contributed by atoms with van der Waals surface area (Å²) in [5, 5.41) is 2.98. The number of hydrogen-bond donors (Lipinski definition) is 1. The minimum absolute atomic E-state index is 0.0645. The molecule has 0 radical (unpaired) electrons. The number of fused-ring (bicyclic) bond motifs is 1. The second-order valence-corrected chi connectivity index (χ2v) is 8.73. The van der Waals surface area contributed by atoms with Crippen LogP contribution in [0.25, 0.3) is 0 Å². The van der Waals surface area contributed by atoms with Gasteiger partial charge in [0.1, 0.15) is 13.2 Å². The maximum absolute atomic E-state index is 12.7. The molecule has 2 aliphatic rings. The minimum atomic E-state index is -0.0645. The molecule has 2 heterocycles. The van der Waals surface area contributed by atoms with E-state index >= 15 is 0 Å². The van der Waals surface area contributed by atoms with Gasteiger partial charge in [0.15, 0.2) is 11.5 Å². The van der Waals surface area contributed by atoms with Gasteiger partial charge in [0.05, 0.1) is 12.2 Å². The first-order valence-corrected chi connectivity index (χ1v) is 11.3. The molecular formula is C23H28BrN3O3.